The molecule has 0 radical (unpaired) electrons. The molecule has 2 nitrogen and oxygen atoms in total. The zero-order valence-corrected chi connectivity index (χ0v) is 5.96. The monoisotopic (exact) mass is 130 g/mol. The molecule has 1 aliphatic rings. The Bertz CT molecular complexity index is 113. The van der Waals surface area contributed by atoms with Gasteiger partial charge in [0.25, 0.3) is 0 Å². The second-order valence-electron chi connectivity index (χ2n) is 2.06. The number of rotatable bonds is 0. The molecule has 46 valence electrons. The molecule has 1 N–H and O–H groups in total. The van der Waals surface area contributed by atoms with Gasteiger partial charge in [-0.3, -0.25) is 5.32 Å². The lowest BCUT2D eigenvalue weighted by Gasteiger charge is -2.15. The van der Waals surface area contributed by atoms with Crippen molar-refractivity contribution in [3.05, 3.63) is 0 Å². The molecule has 1 aliphatic heterocycles. The fourth-order valence-electron chi connectivity index (χ4n) is 0.713. The van der Waals surface area contributed by atoms with Gasteiger partial charge >= 0.3 is 0 Å². The van der Waals surface area contributed by atoms with E-state index < -0.39 is 0 Å². The summed E-state index contributed by atoms with van der Waals surface area (Å²) in [6.07, 6.45) is 0.433. The number of nitrogens with zero attached hydrogens (tertiary/aromatic N) is 1. The fourth-order valence-corrected chi connectivity index (χ4v) is 0.954. The van der Waals surface area contributed by atoms with Crippen molar-refractivity contribution in [3.8, 4) is 0 Å². The van der Waals surface area contributed by atoms with Crippen LogP contribution >= 0.6 is 12.2 Å². The lowest BCUT2D eigenvalue weighted by atomic mass is 10.5. The summed E-state index contributed by atoms with van der Waals surface area (Å²) in [6, 6.07) is 0. The van der Waals surface area contributed by atoms with Crippen molar-refractivity contribution in [1.29, 1.82) is 0 Å². The van der Waals surface area contributed by atoms with Gasteiger partial charge in [0.15, 0.2) is 0 Å². The smallest absolute Gasteiger partial charge is 0.0930 e. The highest BCUT2D eigenvalue weighted by atomic mass is 32.1. The topological polar surface area (TPSA) is 15.3 Å². The van der Waals surface area contributed by atoms with Crippen LogP contribution in [-0.2, 0) is 0 Å². The van der Waals surface area contributed by atoms with Crippen LogP contribution in [0.4, 0.5) is 0 Å². The van der Waals surface area contributed by atoms with E-state index in [4.69, 9.17) is 12.2 Å². The Morgan fingerprint density at radius 2 is 2.50 bits per heavy atom. The van der Waals surface area contributed by atoms with E-state index in [1.54, 1.807) is 0 Å². The first kappa shape index (κ1) is 5.98. The van der Waals surface area contributed by atoms with Crippen molar-refractivity contribution in [3.63, 3.8) is 0 Å². The first-order valence-corrected chi connectivity index (χ1v) is 3.11. The van der Waals surface area contributed by atoms with E-state index in [2.05, 4.69) is 17.1 Å². The maximum Gasteiger partial charge on any atom is 0.0930 e. The van der Waals surface area contributed by atoms with Crippen molar-refractivity contribution in [2.75, 3.05) is 13.6 Å². The van der Waals surface area contributed by atoms with Gasteiger partial charge < -0.3 is 4.90 Å². The predicted molar refractivity (Wildman–Crippen MR) is 37.8 cm³/mol. The first-order chi connectivity index (χ1) is 3.72. The molecule has 0 aromatic heterocycles. The summed E-state index contributed by atoms with van der Waals surface area (Å²) in [7, 11) is 2.01. The van der Waals surface area contributed by atoms with E-state index in [-0.39, 0.29) is 0 Å². The Kier molecular flexibility index (Phi) is 1.49. The maximum absolute atomic E-state index is 4.98. The highest BCUT2D eigenvalue weighted by Gasteiger charge is 2.18. The lowest BCUT2D eigenvalue weighted by Crippen LogP contribution is -2.29. The van der Waals surface area contributed by atoms with Crippen molar-refractivity contribution in [2.24, 2.45) is 0 Å². The molecule has 0 aromatic carbocycles. The van der Waals surface area contributed by atoms with E-state index in [9.17, 15) is 0 Å². The number of hydrogen-bond acceptors (Lipinski definition) is 2. The van der Waals surface area contributed by atoms with Crippen LogP contribution in [0.2, 0.25) is 0 Å². The molecule has 1 heterocycles. The van der Waals surface area contributed by atoms with E-state index in [0.29, 0.717) is 6.17 Å². The van der Waals surface area contributed by atoms with Gasteiger partial charge in [-0.25, -0.2) is 0 Å². The third-order valence-corrected chi connectivity index (χ3v) is 1.96. The van der Waals surface area contributed by atoms with E-state index in [1.165, 1.54) is 0 Å². The van der Waals surface area contributed by atoms with E-state index in [1.807, 2.05) is 7.05 Å². The van der Waals surface area contributed by atoms with Crippen LogP contribution in [0.5, 0.6) is 0 Å². The first-order valence-electron chi connectivity index (χ1n) is 2.71. The molecule has 1 rings (SSSR count). The second kappa shape index (κ2) is 1.99. The third-order valence-electron chi connectivity index (χ3n) is 1.52. The zero-order valence-electron chi connectivity index (χ0n) is 5.14. The van der Waals surface area contributed by atoms with Gasteiger partial charge in [-0.2, -0.15) is 0 Å². The maximum atomic E-state index is 4.98. The summed E-state index contributed by atoms with van der Waals surface area (Å²) in [5.41, 5.74) is 0. The largest absolute Gasteiger partial charge is 0.353 e. The average Bonchev–Trinajstić information content (AvgIpc) is 1.98. The van der Waals surface area contributed by atoms with Gasteiger partial charge in [-0.15, -0.1) is 0 Å². The Hall–Kier alpha value is -0.150. The molecular formula is C5H10N2S. The summed E-state index contributed by atoms with van der Waals surface area (Å²) in [5.74, 6) is 0. The normalized spacial score (nSPS) is 29.5. The second-order valence-corrected chi connectivity index (χ2v) is 2.53. The quantitative estimate of drug-likeness (QED) is 0.471. The van der Waals surface area contributed by atoms with Crippen LogP contribution < -0.4 is 5.32 Å². The van der Waals surface area contributed by atoms with Crippen LogP contribution in [0.3, 0.4) is 0 Å². The number of nitrogens with one attached hydrogen (secondary N) is 1. The number of likely N-dealkylation sites (N-methyl/N-ethyl adjacent to an activating group) is 1. The van der Waals surface area contributed by atoms with Crippen LogP contribution in [-0.4, -0.2) is 29.6 Å². The van der Waals surface area contributed by atoms with Gasteiger partial charge in [-0.05, 0) is 6.92 Å². The summed E-state index contributed by atoms with van der Waals surface area (Å²) < 4.78 is 0. The molecule has 0 aromatic rings. The van der Waals surface area contributed by atoms with Crippen molar-refractivity contribution in [1.82, 2.24) is 10.2 Å². The molecule has 0 amide bonds. The van der Waals surface area contributed by atoms with E-state index in [0.717, 1.165) is 11.5 Å². The average molecular weight is 130 g/mol. The van der Waals surface area contributed by atoms with Crippen LogP contribution in [0.25, 0.3) is 0 Å². The molecule has 0 spiro atoms. The minimum Gasteiger partial charge on any atom is -0.353 e. The third kappa shape index (κ3) is 0.833. The Morgan fingerprint density at radius 1 is 1.88 bits per heavy atom. The van der Waals surface area contributed by atoms with Crippen LogP contribution in [0.15, 0.2) is 0 Å². The molecular weight excluding hydrogens is 120 g/mol. The predicted octanol–water partition coefficient (Wildman–Crippen LogP) is 0.195. The highest BCUT2D eigenvalue weighted by molar-refractivity contribution is 7.80. The molecule has 1 atom stereocenters. The standard InChI is InChI=1S/C5H10N2S/c1-4-6-3-5(8)7(4)2/h4,6H,3H2,1-2H3. The van der Waals surface area contributed by atoms with Gasteiger partial charge in [-0.1, -0.05) is 12.2 Å². The highest BCUT2D eigenvalue weighted by Crippen LogP contribution is 2.00. The Morgan fingerprint density at radius 3 is 2.62 bits per heavy atom. The van der Waals surface area contributed by atoms with Crippen LogP contribution in [0, 0.1) is 0 Å². The minimum atomic E-state index is 0.433. The zero-order chi connectivity index (χ0) is 6.15. The number of thiocarbonyl (C=S) groups is 1. The SMILES string of the molecule is CC1NCC(=S)N1C. The molecule has 0 saturated carbocycles. The molecule has 1 saturated heterocycles. The van der Waals surface area contributed by atoms with Gasteiger partial charge in [0.2, 0.25) is 0 Å². The van der Waals surface area contributed by atoms with Gasteiger partial charge in [0.1, 0.15) is 0 Å². The molecule has 1 unspecified atom stereocenters. The molecule has 8 heavy (non-hydrogen) atoms. The molecule has 3 heteroatoms. The van der Waals surface area contributed by atoms with Crippen molar-refractivity contribution >= 4 is 17.2 Å². The molecule has 0 aliphatic carbocycles. The van der Waals surface area contributed by atoms with Crippen LogP contribution in [0.1, 0.15) is 6.92 Å². The minimum absolute atomic E-state index is 0.433. The van der Waals surface area contributed by atoms with Gasteiger partial charge in [0.05, 0.1) is 11.2 Å². The van der Waals surface area contributed by atoms with Gasteiger partial charge in [0, 0.05) is 13.6 Å². The molecule has 1 fully saturated rings. The Labute approximate surface area is 54.9 Å². The summed E-state index contributed by atoms with van der Waals surface area (Å²) in [6.45, 7) is 2.96. The summed E-state index contributed by atoms with van der Waals surface area (Å²) in [5, 5.41) is 3.20. The summed E-state index contributed by atoms with van der Waals surface area (Å²) in [4.78, 5) is 3.08. The van der Waals surface area contributed by atoms with E-state index >= 15 is 0 Å². The fraction of sp³-hybridized carbons (Fsp3) is 0.800. The summed E-state index contributed by atoms with van der Waals surface area (Å²) >= 11 is 4.98. The van der Waals surface area contributed by atoms with Crippen molar-refractivity contribution < 1.29 is 0 Å². The van der Waals surface area contributed by atoms with Crippen molar-refractivity contribution in [2.45, 2.75) is 13.1 Å². The number of hydrogen-bond donors (Lipinski definition) is 1. The lowest BCUT2D eigenvalue weighted by molar-refractivity contribution is 0.394. The Balaban J connectivity index is 2.56. The molecule has 0 bridgehead atoms.